The number of hydrogen-bond donors (Lipinski definition) is 2. The Bertz CT molecular complexity index is 819. The molecule has 7 nitrogen and oxygen atoms in total. The van der Waals surface area contributed by atoms with Crippen LogP contribution in [-0.4, -0.2) is 61.9 Å². The third-order valence-corrected chi connectivity index (χ3v) is 7.98. The summed E-state index contributed by atoms with van der Waals surface area (Å²) >= 11 is 0. The Hall–Kier alpha value is -1.70. The number of ether oxygens (including phenoxy) is 2. The summed E-state index contributed by atoms with van der Waals surface area (Å²) in [6.07, 6.45) is 6.86. The van der Waals surface area contributed by atoms with Gasteiger partial charge in [0.1, 0.15) is 5.56 Å². The van der Waals surface area contributed by atoms with E-state index in [4.69, 9.17) is 9.47 Å². The zero-order chi connectivity index (χ0) is 21.4. The van der Waals surface area contributed by atoms with Crippen molar-refractivity contribution in [2.24, 2.45) is 29.6 Å². The van der Waals surface area contributed by atoms with Crippen LogP contribution >= 0.6 is 0 Å². The SMILES string of the molecule is CN(Cc1ccc(C(=O)NCC2C3CC4CC(C3)CC2C4)c(=O)[nH]1)CC1COCCO1. The Labute approximate surface area is 183 Å². The molecule has 0 aromatic carbocycles. The first kappa shape index (κ1) is 21.2. The number of aromatic nitrogens is 1. The standard InChI is InChI=1S/C24H35N3O4/c1-27(13-20-14-30-4-5-31-20)12-19-2-3-21(24(29)26-19)23(28)25-11-22-17-7-15-6-16(9-17)10-18(22)8-15/h2-3,15-18,20,22H,4-14H2,1H3,(H,25,28)(H,26,29). The van der Waals surface area contributed by atoms with Crippen molar-refractivity contribution in [3.8, 4) is 0 Å². The number of nitrogens with one attached hydrogen (secondary N) is 2. The number of pyridine rings is 1. The van der Waals surface area contributed by atoms with Crippen LogP contribution in [0.3, 0.4) is 0 Å². The summed E-state index contributed by atoms with van der Waals surface area (Å²) in [5.74, 6) is 3.75. The van der Waals surface area contributed by atoms with Gasteiger partial charge in [0, 0.05) is 25.3 Å². The van der Waals surface area contributed by atoms with Crippen LogP contribution in [0.4, 0.5) is 0 Å². The van der Waals surface area contributed by atoms with Crippen molar-refractivity contribution < 1.29 is 14.3 Å². The Balaban J connectivity index is 1.14. The molecule has 1 aromatic heterocycles. The van der Waals surface area contributed by atoms with E-state index < -0.39 is 0 Å². The number of hydrogen-bond acceptors (Lipinski definition) is 5. The van der Waals surface area contributed by atoms with Gasteiger partial charge in [-0.05, 0) is 80.9 Å². The molecule has 1 atom stereocenters. The number of likely N-dealkylation sites (N-methyl/N-ethyl adjacent to an activating group) is 1. The molecule has 5 aliphatic rings. The second-order valence-electron chi connectivity index (χ2n) is 10.3. The van der Waals surface area contributed by atoms with Crippen molar-refractivity contribution in [1.82, 2.24) is 15.2 Å². The summed E-state index contributed by atoms with van der Waals surface area (Å²) in [6.45, 7) is 3.91. The largest absolute Gasteiger partial charge is 0.376 e. The second kappa shape index (κ2) is 9.04. The first-order chi connectivity index (χ1) is 15.0. The van der Waals surface area contributed by atoms with E-state index in [0.29, 0.717) is 38.8 Å². The number of carbonyl (C=O) groups is 1. The van der Waals surface area contributed by atoms with Gasteiger partial charge in [0.05, 0.1) is 25.9 Å². The molecule has 31 heavy (non-hydrogen) atoms. The van der Waals surface area contributed by atoms with E-state index >= 15 is 0 Å². The molecule has 0 radical (unpaired) electrons. The fourth-order valence-electron chi connectivity index (χ4n) is 6.81. The number of rotatable bonds is 7. The van der Waals surface area contributed by atoms with Crippen molar-refractivity contribution >= 4 is 5.91 Å². The van der Waals surface area contributed by atoms with Crippen LogP contribution in [0.25, 0.3) is 0 Å². The fourth-order valence-corrected chi connectivity index (χ4v) is 6.81. The average molecular weight is 430 g/mol. The fraction of sp³-hybridized carbons (Fsp3) is 0.750. The zero-order valence-corrected chi connectivity index (χ0v) is 18.5. The van der Waals surface area contributed by atoms with Crippen molar-refractivity contribution in [1.29, 1.82) is 0 Å². The van der Waals surface area contributed by atoms with Crippen LogP contribution < -0.4 is 10.9 Å². The molecule has 6 rings (SSSR count). The summed E-state index contributed by atoms with van der Waals surface area (Å²) in [6, 6.07) is 3.50. The molecule has 4 bridgehead atoms. The molecule has 2 N–H and O–H groups in total. The van der Waals surface area contributed by atoms with Crippen LogP contribution in [0.1, 0.15) is 48.2 Å². The van der Waals surface area contributed by atoms with Gasteiger partial charge < -0.3 is 19.8 Å². The lowest BCUT2D eigenvalue weighted by Gasteiger charge is -2.54. The van der Waals surface area contributed by atoms with Gasteiger partial charge in [-0.15, -0.1) is 0 Å². The Morgan fingerprint density at radius 2 is 1.87 bits per heavy atom. The van der Waals surface area contributed by atoms with E-state index in [2.05, 4.69) is 15.2 Å². The van der Waals surface area contributed by atoms with Crippen molar-refractivity contribution in [2.75, 3.05) is 40.0 Å². The van der Waals surface area contributed by atoms with E-state index in [9.17, 15) is 9.59 Å². The molecule has 1 amide bonds. The summed E-state index contributed by atoms with van der Waals surface area (Å²) in [4.78, 5) is 30.3. The van der Waals surface area contributed by atoms with E-state index in [1.165, 1.54) is 32.1 Å². The normalized spacial score (nSPS) is 34.3. The van der Waals surface area contributed by atoms with Crippen molar-refractivity contribution in [3.05, 3.63) is 33.7 Å². The topological polar surface area (TPSA) is 83.7 Å². The molecular formula is C24H35N3O4. The van der Waals surface area contributed by atoms with Crippen LogP contribution in [-0.2, 0) is 16.0 Å². The minimum absolute atomic E-state index is 0.0562. The van der Waals surface area contributed by atoms with E-state index in [1.54, 1.807) is 6.07 Å². The first-order valence-electron chi connectivity index (χ1n) is 11.9. The summed E-state index contributed by atoms with van der Waals surface area (Å²) in [7, 11) is 1.99. The lowest BCUT2D eigenvalue weighted by atomic mass is 9.52. The van der Waals surface area contributed by atoms with Crippen molar-refractivity contribution in [3.63, 3.8) is 0 Å². The quantitative estimate of drug-likeness (QED) is 0.693. The molecule has 1 saturated heterocycles. The van der Waals surface area contributed by atoms with E-state index in [-0.39, 0.29) is 23.1 Å². The Morgan fingerprint density at radius 1 is 1.13 bits per heavy atom. The number of H-pyrrole nitrogens is 1. The predicted molar refractivity (Wildman–Crippen MR) is 117 cm³/mol. The number of nitrogens with zero attached hydrogens (tertiary/aromatic N) is 1. The van der Waals surface area contributed by atoms with Crippen molar-refractivity contribution in [2.45, 2.75) is 44.8 Å². The van der Waals surface area contributed by atoms with Gasteiger partial charge in [0.25, 0.3) is 11.5 Å². The van der Waals surface area contributed by atoms with Gasteiger partial charge in [-0.3, -0.25) is 14.5 Å². The third-order valence-electron chi connectivity index (χ3n) is 7.98. The summed E-state index contributed by atoms with van der Waals surface area (Å²) in [5, 5.41) is 3.08. The van der Waals surface area contributed by atoms with Crippen LogP contribution in [0, 0.1) is 29.6 Å². The smallest absolute Gasteiger partial charge is 0.261 e. The number of carbonyl (C=O) groups excluding carboxylic acids is 1. The molecule has 5 fully saturated rings. The van der Waals surface area contributed by atoms with Gasteiger partial charge in [0.15, 0.2) is 0 Å². The van der Waals surface area contributed by atoms with Crippen LogP contribution in [0.2, 0.25) is 0 Å². The van der Waals surface area contributed by atoms with Gasteiger partial charge in [0.2, 0.25) is 0 Å². The maximum absolute atomic E-state index is 12.7. The summed E-state index contributed by atoms with van der Waals surface area (Å²) < 4.78 is 11.1. The monoisotopic (exact) mass is 429 g/mol. The second-order valence-corrected chi connectivity index (χ2v) is 10.3. The third kappa shape index (κ3) is 4.73. The van der Waals surface area contributed by atoms with Crippen LogP contribution in [0.15, 0.2) is 16.9 Å². The molecule has 4 aliphatic carbocycles. The molecule has 2 heterocycles. The van der Waals surface area contributed by atoms with Gasteiger partial charge in [-0.1, -0.05) is 0 Å². The predicted octanol–water partition coefficient (Wildman–Crippen LogP) is 2.02. The highest BCUT2D eigenvalue weighted by atomic mass is 16.6. The lowest BCUT2D eigenvalue weighted by Crippen LogP contribution is -2.49. The highest BCUT2D eigenvalue weighted by Crippen LogP contribution is 2.56. The molecule has 1 aliphatic heterocycles. The Morgan fingerprint density at radius 3 is 2.52 bits per heavy atom. The molecule has 1 aromatic rings. The van der Waals surface area contributed by atoms with Gasteiger partial charge >= 0.3 is 0 Å². The Kier molecular flexibility index (Phi) is 6.17. The lowest BCUT2D eigenvalue weighted by molar-refractivity contribution is -0.0963. The summed E-state index contributed by atoms with van der Waals surface area (Å²) in [5.41, 5.74) is 0.687. The van der Waals surface area contributed by atoms with Crippen LogP contribution in [0.5, 0.6) is 0 Å². The molecule has 7 heteroatoms. The molecule has 1 unspecified atom stereocenters. The maximum atomic E-state index is 12.7. The molecule has 4 saturated carbocycles. The maximum Gasteiger partial charge on any atom is 0.261 e. The van der Waals surface area contributed by atoms with Gasteiger partial charge in [-0.25, -0.2) is 0 Å². The molecular weight excluding hydrogens is 394 g/mol. The number of amides is 1. The van der Waals surface area contributed by atoms with E-state index in [1.807, 2.05) is 13.1 Å². The minimum atomic E-state index is -0.314. The minimum Gasteiger partial charge on any atom is -0.376 e. The molecule has 0 spiro atoms. The first-order valence-corrected chi connectivity index (χ1v) is 11.9. The van der Waals surface area contributed by atoms with Gasteiger partial charge in [-0.2, -0.15) is 0 Å². The zero-order valence-electron chi connectivity index (χ0n) is 18.5. The molecule has 170 valence electrons. The highest BCUT2D eigenvalue weighted by molar-refractivity contribution is 5.93. The number of aromatic amines is 1. The van der Waals surface area contributed by atoms with E-state index in [0.717, 1.165) is 35.9 Å². The highest BCUT2D eigenvalue weighted by Gasteiger charge is 2.47. The average Bonchev–Trinajstić information content (AvgIpc) is 2.73.